The number of hydrogen-bond donors (Lipinski definition) is 2. The fourth-order valence-corrected chi connectivity index (χ4v) is 1.64. The Kier molecular flexibility index (Phi) is 3.19. The molecule has 5 heteroatoms. The fourth-order valence-electron chi connectivity index (χ4n) is 1.64. The van der Waals surface area contributed by atoms with Crippen molar-refractivity contribution in [2.45, 2.75) is 18.9 Å². The van der Waals surface area contributed by atoms with Crippen molar-refractivity contribution in [1.82, 2.24) is 0 Å². The van der Waals surface area contributed by atoms with Gasteiger partial charge in [0.1, 0.15) is 11.9 Å². The summed E-state index contributed by atoms with van der Waals surface area (Å²) in [6.45, 7) is 0. The average molecular weight is 225 g/mol. The van der Waals surface area contributed by atoms with Crippen LogP contribution in [0, 0.1) is 11.0 Å². The van der Waals surface area contributed by atoms with E-state index >= 15 is 0 Å². The summed E-state index contributed by atoms with van der Waals surface area (Å²) in [4.78, 5) is 0. The third-order valence-corrected chi connectivity index (χ3v) is 2.43. The fraction of sp³-hybridized carbons (Fsp3) is 0.273. The van der Waals surface area contributed by atoms with E-state index in [0.29, 0.717) is 0 Å². The first-order valence-electron chi connectivity index (χ1n) is 5.01. The normalized spacial score (nSPS) is 17.7. The molecule has 1 aromatic carbocycles. The maximum atomic E-state index is 13.0. The summed E-state index contributed by atoms with van der Waals surface area (Å²) in [6, 6.07) is 3.44. The van der Waals surface area contributed by atoms with Crippen LogP contribution in [0.4, 0.5) is 10.1 Å². The van der Waals surface area contributed by atoms with Crippen molar-refractivity contribution < 1.29 is 19.6 Å². The van der Waals surface area contributed by atoms with Crippen LogP contribution in [0.15, 0.2) is 30.4 Å². The minimum Gasteiger partial charge on any atom is -0.595 e. The summed E-state index contributed by atoms with van der Waals surface area (Å²) in [5.41, 5.74) is -0.00620. The zero-order valence-electron chi connectivity index (χ0n) is 8.52. The molecule has 16 heavy (non-hydrogen) atoms. The second-order valence-electron chi connectivity index (χ2n) is 3.63. The predicted octanol–water partition coefficient (Wildman–Crippen LogP) is 1.33. The number of ether oxygens (including phenoxy) is 1. The number of benzene rings is 1. The van der Waals surface area contributed by atoms with E-state index in [4.69, 9.17) is 9.94 Å². The van der Waals surface area contributed by atoms with Crippen LogP contribution in [0.25, 0.3) is 0 Å². The highest BCUT2D eigenvalue weighted by Gasteiger charge is 2.17. The molecule has 0 saturated heterocycles. The molecule has 2 rings (SSSR count). The SMILES string of the molecule is [O-][NH+](O)c1ccc(F)cc1OC1CC=CC1. The average Bonchev–Trinajstić information content (AvgIpc) is 2.70. The molecule has 1 aliphatic rings. The summed E-state index contributed by atoms with van der Waals surface area (Å²) in [5.74, 6) is -0.396. The Morgan fingerprint density at radius 2 is 2.06 bits per heavy atom. The molecule has 0 aromatic heterocycles. The van der Waals surface area contributed by atoms with Gasteiger partial charge in [0.2, 0.25) is 5.69 Å². The van der Waals surface area contributed by atoms with Crippen LogP contribution in [0.2, 0.25) is 0 Å². The number of halogens is 1. The second-order valence-corrected chi connectivity index (χ2v) is 3.63. The van der Waals surface area contributed by atoms with Gasteiger partial charge in [-0.15, -0.1) is 0 Å². The van der Waals surface area contributed by atoms with Crippen molar-refractivity contribution >= 4 is 5.69 Å². The van der Waals surface area contributed by atoms with Crippen molar-refractivity contribution in [2.75, 3.05) is 0 Å². The molecule has 4 nitrogen and oxygen atoms in total. The maximum Gasteiger partial charge on any atom is 0.206 e. The van der Waals surface area contributed by atoms with E-state index in [0.717, 1.165) is 25.0 Å². The largest absolute Gasteiger partial charge is 0.595 e. The molecule has 0 fully saturated rings. The topological polar surface area (TPSA) is 57.0 Å². The highest BCUT2D eigenvalue weighted by Crippen LogP contribution is 2.26. The molecule has 2 N–H and O–H groups in total. The smallest absolute Gasteiger partial charge is 0.206 e. The maximum absolute atomic E-state index is 13.0. The number of quaternary nitrogens is 1. The van der Waals surface area contributed by atoms with Gasteiger partial charge in [-0.1, -0.05) is 12.2 Å². The van der Waals surface area contributed by atoms with Crippen LogP contribution in [0.5, 0.6) is 5.75 Å². The Labute approximate surface area is 92.1 Å². The molecule has 1 atom stereocenters. The lowest BCUT2D eigenvalue weighted by Crippen LogP contribution is -2.99. The predicted molar refractivity (Wildman–Crippen MR) is 55.0 cm³/mol. The minimum atomic E-state index is -1.11. The van der Waals surface area contributed by atoms with Crippen LogP contribution in [-0.4, -0.2) is 11.3 Å². The first-order chi connectivity index (χ1) is 7.66. The highest BCUT2D eigenvalue weighted by atomic mass is 19.1. The van der Waals surface area contributed by atoms with E-state index in [1.807, 2.05) is 12.2 Å². The third kappa shape index (κ3) is 2.38. The Balaban J connectivity index is 2.19. The monoisotopic (exact) mass is 225 g/mol. The molecule has 86 valence electrons. The van der Waals surface area contributed by atoms with Gasteiger partial charge in [-0.25, -0.2) is 9.60 Å². The summed E-state index contributed by atoms with van der Waals surface area (Å²) in [5, 5.41) is 18.7. The van der Waals surface area contributed by atoms with Crippen molar-refractivity contribution in [2.24, 2.45) is 0 Å². The lowest BCUT2D eigenvalue weighted by Gasteiger charge is -2.18. The van der Waals surface area contributed by atoms with Gasteiger partial charge < -0.3 is 9.94 Å². The van der Waals surface area contributed by atoms with Gasteiger partial charge in [0.15, 0.2) is 5.75 Å². The summed E-state index contributed by atoms with van der Waals surface area (Å²) in [7, 11) is 0. The first-order valence-corrected chi connectivity index (χ1v) is 5.01. The van der Waals surface area contributed by atoms with Gasteiger partial charge in [0.05, 0.1) is 0 Å². The van der Waals surface area contributed by atoms with Crippen molar-refractivity contribution in [3.63, 3.8) is 0 Å². The van der Waals surface area contributed by atoms with Gasteiger partial charge in [-0.2, -0.15) is 5.23 Å². The zero-order valence-corrected chi connectivity index (χ0v) is 8.52. The van der Waals surface area contributed by atoms with Crippen LogP contribution in [-0.2, 0) is 0 Å². The standard InChI is InChI=1S/C11H12FNO3/c12-8-5-6-10(13(14)15)11(7-8)16-9-3-1-2-4-9/h1-2,5-7,9,13-14H,3-4H2. The zero-order chi connectivity index (χ0) is 11.5. The van der Waals surface area contributed by atoms with Gasteiger partial charge in [0.25, 0.3) is 0 Å². The molecule has 0 radical (unpaired) electrons. The third-order valence-electron chi connectivity index (χ3n) is 2.43. The molecule has 0 aliphatic heterocycles. The molecular weight excluding hydrogens is 213 g/mol. The van der Waals surface area contributed by atoms with Gasteiger partial charge >= 0.3 is 0 Å². The van der Waals surface area contributed by atoms with Crippen molar-refractivity contribution in [3.8, 4) is 5.75 Å². The minimum absolute atomic E-state index is 0.00620. The molecule has 1 aromatic rings. The van der Waals surface area contributed by atoms with Crippen LogP contribution in [0.1, 0.15) is 12.8 Å². The van der Waals surface area contributed by atoms with E-state index < -0.39 is 11.0 Å². The summed E-state index contributed by atoms with van der Waals surface area (Å²) < 4.78 is 18.5. The summed E-state index contributed by atoms with van der Waals surface area (Å²) in [6.07, 6.45) is 5.31. The first kappa shape index (κ1) is 11.1. The molecule has 0 saturated carbocycles. The van der Waals surface area contributed by atoms with Crippen LogP contribution < -0.4 is 9.96 Å². The van der Waals surface area contributed by atoms with Crippen molar-refractivity contribution in [3.05, 3.63) is 41.4 Å². The van der Waals surface area contributed by atoms with Crippen LogP contribution >= 0.6 is 0 Å². The second kappa shape index (κ2) is 4.61. The van der Waals surface area contributed by atoms with Crippen LogP contribution in [0.3, 0.4) is 0 Å². The van der Waals surface area contributed by atoms with E-state index in [2.05, 4.69) is 0 Å². The summed E-state index contributed by atoms with van der Waals surface area (Å²) >= 11 is 0. The van der Waals surface area contributed by atoms with Gasteiger partial charge in [-0.05, 0) is 6.07 Å². The van der Waals surface area contributed by atoms with E-state index in [9.17, 15) is 9.60 Å². The number of nitrogens with one attached hydrogen (secondary N) is 1. The highest BCUT2D eigenvalue weighted by molar-refractivity contribution is 5.45. The Bertz CT molecular complexity index is 398. The lowest BCUT2D eigenvalue weighted by atomic mass is 10.2. The van der Waals surface area contributed by atoms with Gasteiger partial charge in [-0.3, -0.25) is 0 Å². The molecule has 0 amide bonds. The van der Waals surface area contributed by atoms with E-state index in [1.54, 1.807) is 0 Å². The van der Waals surface area contributed by atoms with E-state index in [-0.39, 0.29) is 17.5 Å². The quantitative estimate of drug-likeness (QED) is 0.602. The van der Waals surface area contributed by atoms with Crippen molar-refractivity contribution in [1.29, 1.82) is 0 Å². The Morgan fingerprint density at radius 1 is 1.38 bits per heavy atom. The Hall–Kier alpha value is -1.43. The lowest BCUT2D eigenvalue weighted by molar-refractivity contribution is -0.991. The molecule has 0 heterocycles. The molecule has 0 bridgehead atoms. The molecule has 0 spiro atoms. The number of hydrogen-bond acceptors (Lipinski definition) is 3. The van der Waals surface area contributed by atoms with Gasteiger partial charge in [0, 0.05) is 25.0 Å². The molecule has 1 unspecified atom stereocenters. The molecular formula is C11H12FNO3. The number of rotatable bonds is 3. The Morgan fingerprint density at radius 3 is 2.69 bits per heavy atom. The van der Waals surface area contributed by atoms with E-state index in [1.165, 1.54) is 6.07 Å². The molecule has 1 aliphatic carbocycles.